The van der Waals surface area contributed by atoms with E-state index in [-0.39, 0.29) is 6.10 Å². The summed E-state index contributed by atoms with van der Waals surface area (Å²) in [6.07, 6.45) is 2.82. The molecule has 3 rings (SSSR count). The number of sulfonamides is 1. The van der Waals surface area contributed by atoms with E-state index in [1.165, 1.54) is 21.7 Å². The summed E-state index contributed by atoms with van der Waals surface area (Å²) in [6, 6.07) is 10.2. The molecule has 0 unspecified atom stereocenters. The van der Waals surface area contributed by atoms with Gasteiger partial charge >= 0.3 is 0 Å². The molecular formula is C16H19NO3S2. The van der Waals surface area contributed by atoms with Crippen molar-refractivity contribution in [1.82, 2.24) is 4.31 Å². The van der Waals surface area contributed by atoms with E-state index in [2.05, 4.69) is 29.0 Å². The van der Waals surface area contributed by atoms with Crippen molar-refractivity contribution in [3.05, 3.63) is 41.1 Å². The van der Waals surface area contributed by atoms with Crippen LogP contribution < -0.4 is 4.74 Å². The first-order valence-electron chi connectivity index (χ1n) is 7.27. The van der Waals surface area contributed by atoms with E-state index in [9.17, 15) is 8.42 Å². The van der Waals surface area contributed by atoms with Crippen molar-refractivity contribution in [1.29, 1.82) is 0 Å². The summed E-state index contributed by atoms with van der Waals surface area (Å²) in [6.45, 7) is 1.08. The summed E-state index contributed by atoms with van der Waals surface area (Å²) in [7, 11) is -3.07. The van der Waals surface area contributed by atoms with Gasteiger partial charge in [-0.05, 0) is 52.9 Å². The molecule has 0 spiro atoms. The minimum Gasteiger partial charge on any atom is -0.490 e. The fourth-order valence-electron chi connectivity index (χ4n) is 2.63. The standard InChI is InChI=1S/C16H19NO3S2/c1-22(18,19)17-9-6-16(7-10-17)20-15-4-2-13(3-5-15)14-8-11-21-12-14/h2-5,8,11-12,16H,6-7,9-10H2,1H3. The van der Waals surface area contributed by atoms with Gasteiger partial charge in [-0.3, -0.25) is 0 Å². The van der Waals surface area contributed by atoms with Gasteiger partial charge in [0.2, 0.25) is 10.0 Å². The van der Waals surface area contributed by atoms with Gasteiger partial charge < -0.3 is 4.74 Å². The van der Waals surface area contributed by atoms with E-state index in [0.717, 1.165) is 18.6 Å². The summed E-state index contributed by atoms with van der Waals surface area (Å²) in [5, 5.41) is 4.19. The van der Waals surface area contributed by atoms with Crippen LogP contribution in [0.15, 0.2) is 41.1 Å². The second-order valence-electron chi connectivity index (χ2n) is 5.52. The lowest BCUT2D eigenvalue weighted by molar-refractivity contribution is 0.135. The molecule has 1 aliphatic rings. The number of benzene rings is 1. The second-order valence-corrected chi connectivity index (χ2v) is 8.28. The highest BCUT2D eigenvalue weighted by Crippen LogP contribution is 2.26. The lowest BCUT2D eigenvalue weighted by atomic mass is 10.1. The Balaban J connectivity index is 1.58. The van der Waals surface area contributed by atoms with E-state index < -0.39 is 10.0 Å². The number of rotatable bonds is 4. The Hall–Kier alpha value is -1.37. The number of piperidine rings is 1. The lowest BCUT2D eigenvalue weighted by Crippen LogP contribution is -2.41. The van der Waals surface area contributed by atoms with E-state index in [1.54, 1.807) is 11.3 Å². The summed E-state index contributed by atoms with van der Waals surface area (Å²) in [5.41, 5.74) is 2.40. The van der Waals surface area contributed by atoms with E-state index in [4.69, 9.17) is 4.74 Å². The number of ether oxygens (including phenoxy) is 1. The van der Waals surface area contributed by atoms with E-state index in [1.807, 2.05) is 12.1 Å². The van der Waals surface area contributed by atoms with Gasteiger partial charge in [0.15, 0.2) is 0 Å². The molecule has 2 heterocycles. The first-order valence-corrected chi connectivity index (χ1v) is 10.1. The zero-order valence-electron chi connectivity index (χ0n) is 12.4. The number of thiophene rings is 1. The van der Waals surface area contributed by atoms with Gasteiger partial charge in [0, 0.05) is 13.1 Å². The van der Waals surface area contributed by atoms with Crippen molar-refractivity contribution in [2.45, 2.75) is 18.9 Å². The third-order valence-corrected chi connectivity index (χ3v) is 5.87. The highest BCUT2D eigenvalue weighted by Gasteiger charge is 2.25. The summed E-state index contributed by atoms with van der Waals surface area (Å²) < 4.78 is 30.5. The molecule has 2 aromatic rings. The number of hydrogen-bond donors (Lipinski definition) is 0. The van der Waals surface area contributed by atoms with Crippen molar-refractivity contribution in [3.8, 4) is 16.9 Å². The van der Waals surface area contributed by atoms with Crippen LogP contribution in [0.3, 0.4) is 0 Å². The van der Waals surface area contributed by atoms with Crippen LogP contribution in [0.2, 0.25) is 0 Å². The van der Waals surface area contributed by atoms with E-state index >= 15 is 0 Å². The molecule has 1 aliphatic heterocycles. The molecule has 1 fully saturated rings. The molecule has 1 aromatic carbocycles. The third-order valence-electron chi connectivity index (χ3n) is 3.88. The van der Waals surface area contributed by atoms with E-state index in [0.29, 0.717) is 13.1 Å². The van der Waals surface area contributed by atoms with Crippen LogP contribution in [0.1, 0.15) is 12.8 Å². The van der Waals surface area contributed by atoms with Crippen molar-refractivity contribution in [2.75, 3.05) is 19.3 Å². The molecular weight excluding hydrogens is 318 g/mol. The fraction of sp³-hybridized carbons (Fsp3) is 0.375. The Kier molecular flexibility index (Phi) is 4.52. The van der Waals surface area contributed by atoms with Gasteiger partial charge in [0.05, 0.1) is 6.26 Å². The third kappa shape index (κ3) is 3.69. The lowest BCUT2D eigenvalue weighted by Gasteiger charge is -2.30. The Morgan fingerprint density at radius 2 is 1.77 bits per heavy atom. The van der Waals surface area contributed by atoms with Gasteiger partial charge in [-0.2, -0.15) is 11.3 Å². The molecule has 0 radical (unpaired) electrons. The zero-order valence-corrected chi connectivity index (χ0v) is 14.1. The van der Waals surface area contributed by atoms with Crippen LogP contribution in [0.4, 0.5) is 0 Å². The van der Waals surface area contributed by atoms with Crippen molar-refractivity contribution >= 4 is 21.4 Å². The van der Waals surface area contributed by atoms with Crippen molar-refractivity contribution in [3.63, 3.8) is 0 Å². The number of nitrogens with zero attached hydrogens (tertiary/aromatic N) is 1. The Labute approximate surface area is 135 Å². The maximum absolute atomic E-state index is 11.5. The van der Waals surface area contributed by atoms with Crippen LogP contribution in [0, 0.1) is 0 Å². The molecule has 0 saturated carbocycles. The summed E-state index contributed by atoms with van der Waals surface area (Å²) in [4.78, 5) is 0. The molecule has 0 bridgehead atoms. The molecule has 118 valence electrons. The van der Waals surface area contributed by atoms with Crippen LogP contribution in [0.5, 0.6) is 5.75 Å². The molecule has 1 aromatic heterocycles. The topological polar surface area (TPSA) is 46.6 Å². The quantitative estimate of drug-likeness (QED) is 0.860. The Morgan fingerprint density at radius 1 is 1.09 bits per heavy atom. The largest absolute Gasteiger partial charge is 0.490 e. The molecule has 4 nitrogen and oxygen atoms in total. The Bertz CT molecular complexity index is 700. The summed E-state index contributed by atoms with van der Waals surface area (Å²) in [5.74, 6) is 0.844. The van der Waals surface area contributed by atoms with Crippen LogP contribution in [0.25, 0.3) is 11.1 Å². The average Bonchev–Trinajstić information content (AvgIpc) is 3.02. The minimum atomic E-state index is -3.07. The monoisotopic (exact) mass is 337 g/mol. The highest BCUT2D eigenvalue weighted by atomic mass is 32.2. The predicted octanol–water partition coefficient (Wildman–Crippen LogP) is 3.22. The molecule has 0 amide bonds. The maximum atomic E-state index is 11.5. The van der Waals surface area contributed by atoms with Gasteiger partial charge in [-0.1, -0.05) is 12.1 Å². The van der Waals surface area contributed by atoms with Gasteiger partial charge in [-0.15, -0.1) is 0 Å². The highest BCUT2D eigenvalue weighted by molar-refractivity contribution is 7.88. The minimum absolute atomic E-state index is 0.0880. The maximum Gasteiger partial charge on any atom is 0.211 e. The summed E-state index contributed by atoms with van der Waals surface area (Å²) >= 11 is 1.68. The molecule has 6 heteroatoms. The Morgan fingerprint density at radius 3 is 2.32 bits per heavy atom. The first-order chi connectivity index (χ1) is 10.5. The molecule has 0 atom stereocenters. The van der Waals surface area contributed by atoms with Crippen LogP contribution in [-0.2, 0) is 10.0 Å². The van der Waals surface area contributed by atoms with Crippen LogP contribution >= 0.6 is 11.3 Å². The molecule has 22 heavy (non-hydrogen) atoms. The van der Waals surface area contributed by atoms with Gasteiger partial charge in [0.1, 0.15) is 11.9 Å². The van der Waals surface area contributed by atoms with Crippen molar-refractivity contribution < 1.29 is 13.2 Å². The average molecular weight is 337 g/mol. The van der Waals surface area contributed by atoms with Crippen LogP contribution in [-0.4, -0.2) is 38.2 Å². The second kappa shape index (κ2) is 6.40. The smallest absolute Gasteiger partial charge is 0.211 e. The normalized spacial score (nSPS) is 17.5. The zero-order chi connectivity index (χ0) is 15.6. The predicted molar refractivity (Wildman–Crippen MR) is 89.8 cm³/mol. The molecule has 0 aliphatic carbocycles. The molecule has 1 saturated heterocycles. The first kappa shape index (κ1) is 15.5. The SMILES string of the molecule is CS(=O)(=O)N1CCC(Oc2ccc(-c3ccsc3)cc2)CC1. The fourth-order valence-corrected chi connectivity index (χ4v) is 4.17. The number of hydrogen-bond acceptors (Lipinski definition) is 4. The van der Waals surface area contributed by atoms with Gasteiger partial charge in [-0.25, -0.2) is 12.7 Å². The van der Waals surface area contributed by atoms with Gasteiger partial charge in [0.25, 0.3) is 0 Å². The molecule has 0 N–H and O–H groups in total. The van der Waals surface area contributed by atoms with Crippen molar-refractivity contribution in [2.24, 2.45) is 0 Å².